The fraction of sp³-hybridized carbons (Fsp3) is 0.320. The molecule has 0 radical (unpaired) electrons. The van der Waals surface area contributed by atoms with Crippen LogP contribution in [0.4, 0.5) is 4.39 Å². The third-order valence-electron chi connectivity index (χ3n) is 6.25. The van der Waals surface area contributed by atoms with Crippen molar-refractivity contribution in [2.75, 3.05) is 18.8 Å². The number of H-pyrrole nitrogens is 1. The topological polar surface area (TPSA) is 31.9 Å². The first-order chi connectivity index (χ1) is 14.7. The maximum absolute atomic E-state index is 13.5. The molecule has 5 rings (SSSR count). The normalized spacial score (nSPS) is 21.5. The maximum atomic E-state index is 13.5. The van der Waals surface area contributed by atoms with E-state index in [4.69, 9.17) is 0 Å². The molecule has 1 saturated heterocycles. The molecular formula is C25H26FN3S. The minimum absolute atomic E-state index is 0.216. The number of benzene rings is 1. The van der Waals surface area contributed by atoms with Crippen LogP contribution in [0.5, 0.6) is 0 Å². The monoisotopic (exact) mass is 419 g/mol. The van der Waals surface area contributed by atoms with Crippen LogP contribution < -0.4 is 0 Å². The third kappa shape index (κ3) is 3.72. The van der Waals surface area contributed by atoms with Crippen LogP contribution in [0.1, 0.15) is 25.3 Å². The molecule has 30 heavy (non-hydrogen) atoms. The number of aromatic nitrogens is 2. The standard InChI is InChI=1S/C25H26FN3S/c1-2-30-22-14-21-13-19(9-12-29(21)16-22)23-15-28-25(18-3-5-20(26)6-4-18)24(23)17-7-10-27-11-8-17/h3-11,15,21-22,28H,2,12-14,16H2,1H3. The summed E-state index contributed by atoms with van der Waals surface area (Å²) < 4.78 is 13.5. The van der Waals surface area contributed by atoms with Crippen LogP contribution in [0.25, 0.3) is 28.0 Å². The summed E-state index contributed by atoms with van der Waals surface area (Å²) in [5.74, 6) is 0.975. The average molecular weight is 420 g/mol. The van der Waals surface area contributed by atoms with Gasteiger partial charge in [0.25, 0.3) is 0 Å². The van der Waals surface area contributed by atoms with Crippen LogP contribution in [0.15, 0.2) is 61.1 Å². The second kappa shape index (κ2) is 8.40. The number of halogens is 1. The highest BCUT2D eigenvalue weighted by atomic mass is 32.2. The second-order valence-electron chi connectivity index (χ2n) is 8.05. The minimum atomic E-state index is -0.216. The summed E-state index contributed by atoms with van der Waals surface area (Å²) in [5.41, 5.74) is 7.01. The van der Waals surface area contributed by atoms with E-state index in [1.807, 2.05) is 24.5 Å². The maximum Gasteiger partial charge on any atom is 0.123 e. The Morgan fingerprint density at radius 2 is 1.93 bits per heavy atom. The number of aromatic amines is 1. The van der Waals surface area contributed by atoms with Gasteiger partial charge in [0.05, 0.1) is 5.69 Å². The predicted octanol–water partition coefficient (Wildman–Crippen LogP) is 5.87. The van der Waals surface area contributed by atoms with E-state index >= 15 is 0 Å². The first-order valence-corrected chi connectivity index (χ1v) is 11.7. The fourth-order valence-electron chi connectivity index (χ4n) is 4.85. The van der Waals surface area contributed by atoms with Gasteiger partial charge in [0.2, 0.25) is 0 Å². The van der Waals surface area contributed by atoms with Gasteiger partial charge in [0, 0.05) is 54.1 Å². The van der Waals surface area contributed by atoms with Crippen molar-refractivity contribution in [1.82, 2.24) is 14.9 Å². The number of fused-ring (bicyclic) bond motifs is 1. The molecule has 1 fully saturated rings. The Morgan fingerprint density at radius 3 is 2.70 bits per heavy atom. The highest BCUT2D eigenvalue weighted by Crippen LogP contribution is 2.42. The van der Waals surface area contributed by atoms with Crippen molar-refractivity contribution in [2.45, 2.75) is 31.1 Å². The number of nitrogens with zero attached hydrogens (tertiary/aromatic N) is 2. The van der Waals surface area contributed by atoms with E-state index in [2.05, 4.69) is 58.0 Å². The summed E-state index contributed by atoms with van der Waals surface area (Å²) in [6.45, 7) is 4.48. The highest BCUT2D eigenvalue weighted by Gasteiger charge is 2.35. The zero-order chi connectivity index (χ0) is 20.5. The minimum Gasteiger partial charge on any atom is -0.360 e. The van der Waals surface area contributed by atoms with Crippen LogP contribution in [0.3, 0.4) is 0 Å². The zero-order valence-corrected chi connectivity index (χ0v) is 18.0. The smallest absolute Gasteiger partial charge is 0.123 e. The van der Waals surface area contributed by atoms with E-state index in [0.29, 0.717) is 6.04 Å². The highest BCUT2D eigenvalue weighted by molar-refractivity contribution is 7.99. The Bertz CT molecular complexity index is 1040. The van der Waals surface area contributed by atoms with Gasteiger partial charge in [-0.3, -0.25) is 9.88 Å². The van der Waals surface area contributed by atoms with Gasteiger partial charge in [-0.2, -0.15) is 11.8 Å². The number of rotatable bonds is 5. The Labute approximate surface area is 181 Å². The summed E-state index contributed by atoms with van der Waals surface area (Å²) in [4.78, 5) is 10.3. The van der Waals surface area contributed by atoms with Crippen molar-refractivity contribution in [3.05, 3.63) is 72.4 Å². The van der Waals surface area contributed by atoms with E-state index in [1.54, 1.807) is 0 Å². The van der Waals surface area contributed by atoms with E-state index in [0.717, 1.165) is 35.0 Å². The lowest BCUT2D eigenvalue weighted by Gasteiger charge is -2.29. The Hall–Kier alpha value is -2.37. The molecule has 3 aromatic rings. The van der Waals surface area contributed by atoms with Crippen LogP contribution in [0, 0.1) is 5.82 Å². The molecule has 4 heterocycles. The van der Waals surface area contributed by atoms with E-state index in [9.17, 15) is 4.39 Å². The van der Waals surface area contributed by atoms with Gasteiger partial charge in [-0.15, -0.1) is 0 Å². The van der Waals surface area contributed by atoms with E-state index in [-0.39, 0.29) is 5.82 Å². The van der Waals surface area contributed by atoms with Gasteiger partial charge in [-0.1, -0.05) is 13.0 Å². The summed E-state index contributed by atoms with van der Waals surface area (Å²) in [5, 5.41) is 0.758. The summed E-state index contributed by atoms with van der Waals surface area (Å²) in [6, 6.07) is 11.5. The van der Waals surface area contributed by atoms with Gasteiger partial charge in [0.15, 0.2) is 0 Å². The molecule has 1 N–H and O–H groups in total. The number of hydrogen-bond acceptors (Lipinski definition) is 3. The Kier molecular flexibility index (Phi) is 5.48. The molecule has 0 bridgehead atoms. The van der Waals surface area contributed by atoms with Gasteiger partial charge < -0.3 is 4.98 Å². The van der Waals surface area contributed by atoms with E-state index < -0.39 is 0 Å². The molecule has 0 aliphatic carbocycles. The largest absolute Gasteiger partial charge is 0.360 e. The fourth-order valence-corrected chi connectivity index (χ4v) is 5.98. The first-order valence-electron chi connectivity index (χ1n) is 10.7. The number of pyridine rings is 1. The second-order valence-corrected chi connectivity index (χ2v) is 9.63. The summed E-state index contributed by atoms with van der Waals surface area (Å²) >= 11 is 2.10. The van der Waals surface area contributed by atoms with E-state index in [1.165, 1.54) is 47.6 Å². The quantitative estimate of drug-likeness (QED) is 0.562. The van der Waals surface area contributed by atoms with Gasteiger partial charge in [0.1, 0.15) is 5.82 Å². The molecule has 0 spiro atoms. The zero-order valence-electron chi connectivity index (χ0n) is 17.1. The van der Waals surface area contributed by atoms with Crippen LogP contribution in [-0.2, 0) is 0 Å². The lowest BCUT2D eigenvalue weighted by atomic mass is 9.89. The SMILES string of the molecule is CCSC1CC2CC(c3c[nH]c(-c4ccc(F)cc4)c3-c3ccncc3)=CCN2C1. The van der Waals surface area contributed by atoms with Gasteiger partial charge in [-0.05, 0) is 71.7 Å². The predicted molar refractivity (Wildman–Crippen MR) is 124 cm³/mol. The molecule has 0 amide bonds. The number of hydrogen-bond donors (Lipinski definition) is 1. The van der Waals surface area contributed by atoms with Crippen LogP contribution in [0.2, 0.25) is 0 Å². The molecule has 3 nitrogen and oxygen atoms in total. The third-order valence-corrected chi connectivity index (χ3v) is 7.39. The molecule has 1 aromatic carbocycles. The summed E-state index contributed by atoms with van der Waals surface area (Å²) in [7, 11) is 0. The van der Waals surface area contributed by atoms with Crippen molar-refractivity contribution in [3.63, 3.8) is 0 Å². The molecule has 2 aromatic heterocycles. The lowest BCUT2D eigenvalue weighted by Crippen LogP contribution is -2.33. The average Bonchev–Trinajstić information content (AvgIpc) is 3.38. The van der Waals surface area contributed by atoms with Crippen molar-refractivity contribution in [1.29, 1.82) is 0 Å². The molecule has 154 valence electrons. The molecular weight excluding hydrogens is 393 g/mol. The van der Waals surface area contributed by atoms with Crippen LogP contribution in [-0.4, -0.2) is 45.0 Å². The lowest BCUT2D eigenvalue weighted by molar-refractivity contribution is 0.275. The van der Waals surface area contributed by atoms with Gasteiger partial charge in [-0.25, -0.2) is 4.39 Å². The molecule has 0 saturated carbocycles. The first kappa shape index (κ1) is 19.6. The van der Waals surface area contributed by atoms with Crippen molar-refractivity contribution in [3.8, 4) is 22.4 Å². The molecule has 5 heteroatoms. The van der Waals surface area contributed by atoms with Gasteiger partial charge >= 0.3 is 0 Å². The van der Waals surface area contributed by atoms with Crippen molar-refractivity contribution >= 4 is 17.3 Å². The van der Waals surface area contributed by atoms with Crippen LogP contribution >= 0.6 is 11.8 Å². The molecule has 2 atom stereocenters. The Balaban J connectivity index is 1.52. The molecule has 2 unspecified atom stereocenters. The molecule has 2 aliphatic rings. The van der Waals surface area contributed by atoms with Crippen molar-refractivity contribution in [2.24, 2.45) is 0 Å². The number of nitrogens with one attached hydrogen (secondary N) is 1. The Morgan fingerprint density at radius 1 is 1.13 bits per heavy atom. The molecule has 2 aliphatic heterocycles. The number of thioether (sulfide) groups is 1. The summed E-state index contributed by atoms with van der Waals surface area (Å²) in [6.07, 6.45) is 10.6. The van der Waals surface area contributed by atoms with Crippen molar-refractivity contribution < 1.29 is 4.39 Å².